The summed E-state index contributed by atoms with van der Waals surface area (Å²) in [4.78, 5) is 26.6. The average molecular weight is 1130 g/mol. The molecule has 1 rings (SSSR count). The molecule has 0 aromatic rings. The number of carbonyl (C=O) groups excluding carboxylic acids is 2. The first-order valence-corrected chi connectivity index (χ1v) is 32.7. The molecule has 1 saturated heterocycles. The molecule has 0 aliphatic carbocycles. The van der Waals surface area contributed by atoms with Crippen LogP contribution in [0.3, 0.4) is 0 Å². The highest BCUT2D eigenvalue weighted by molar-refractivity contribution is 5.80. The molecule has 0 radical (unpaired) electrons. The number of aliphatic hydroxyl groups is 5. The molecule has 8 unspecified atom stereocenters. The monoisotopic (exact) mass is 1130 g/mol. The van der Waals surface area contributed by atoms with Crippen molar-refractivity contribution in [1.29, 1.82) is 0 Å². The molecule has 11 nitrogen and oxygen atoms in total. The number of hydrogen-bond acceptors (Lipinski definition) is 10. The molecule has 6 N–H and O–H groups in total. The summed E-state index contributed by atoms with van der Waals surface area (Å²) < 4.78 is 17.6. The van der Waals surface area contributed by atoms with E-state index in [0.29, 0.717) is 12.8 Å². The van der Waals surface area contributed by atoms with Gasteiger partial charge in [-0.1, -0.05) is 252 Å². The van der Waals surface area contributed by atoms with Crippen molar-refractivity contribution >= 4 is 11.9 Å². The molecular weight excluding hydrogens is 1010 g/mol. The van der Waals surface area contributed by atoms with Gasteiger partial charge in [0, 0.05) is 6.42 Å². The van der Waals surface area contributed by atoms with Crippen LogP contribution in [0.1, 0.15) is 258 Å². The quantitative estimate of drug-likeness (QED) is 0.0195. The van der Waals surface area contributed by atoms with Crippen LogP contribution in [0.4, 0.5) is 0 Å². The van der Waals surface area contributed by atoms with Crippen molar-refractivity contribution in [2.45, 2.75) is 307 Å². The van der Waals surface area contributed by atoms with Crippen molar-refractivity contribution in [3.63, 3.8) is 0 Å². The standard InChI is InChI=1S/C70H119NO10/c1-4-7-10-13-16-19-22-24-26-28-30-31-32-34-35-37-39-42-45-48-51-54-57-63(74)69(78)71-61(62(73)56-53-50-47-44-41-21-18-15-12-9-6-3)60-79-70-68(67(77)66(76)64(59-72)80-70)81-65(75)58-55-52-49-46-43-40-38-36-33-29-27-25-23-20-17-14-11-8-5-2/h7,10,16-17,19-20,24-27,30-31,33-36,53,56,61-64,66-68,70,72-74,76-77H,4-6,8-9,11-15,18,21-23,28-29,32,37-52,54-55,57-60H2,1-3H3,(H,71,78)/b10-7-,19-16-,20-17-,26-24-,27-25-,31-30-,35-34-,36-33-,56-53+. The van der Waals surface area contributed by atoms with Crippen LogP contribution in [0.2, 0.25) is 0 Å². The molecule has 81 heavy (non-hydrogen) atoms. The summed E-state index contributed by atoms with van der Waals surface area (Å²) in [5.74, 6) is -1.22. The molecular formula is C70H119NO10. The summed E-state index contributed by atoms with van der Waals surface area (Å²) in [7, 11) is 0. The largest absolute Gasteiger partial charge is 0.454 e. The van der Waals surface area contributed by atoms with E-state index in [9.17, 15) is 35.1 Å². The van der Waals surface area contributed by atoms with Crippen molar-refractivity contribution in [1.82, 2.24) is 5.32 Å². The first-order valence-electron chi connectivity index (χ1n) is 32.7. The number of rotatable bonds is 54. The predicted octanol–water partition coefficient (Wildman–Crippen LogP) is 16.1. The zero-order chi connectivity index (χ0) is 58.9. The molecule has 1 aliphatic rings. The molecule has 11 heteroatoms. The number of carbonyl (C=O) groups is 2. The van der Waals surface area contributed by atoms with Crippen molar-refractivity contribution in [3.05, 3.63) is 109 Å². The highest BCUT2D eigenvalue weighted by Crippen LogP contribution is 2.26. The van der Waals surface area contributed by atoms with Crippen molar-refractivity contribution in [2.75, 3.05) is 13.2 Å². The third-order valence-electron chi connectivity index (χ3n) is 14.7. The lowest BCUT2D eigenvalue weighted by atomic mass is 9.99. The van der Waals surface area contributed by atoms with Crippen molar-refractivity contribution in [2.24, 2.45) is 0 Å². The minimum Gasteiger partial charge on any atom is -0.454 e. The third-order valence-corrected chi connectivity index (χ3v) is 14.7. The summed E-state index contributed by atoms with van der Waals surface area (Å²) in [5.41, 5.74) is 0. The van der Waals surface area contributed by atoms with Gasteiger partial charge in [-0.25, -0.2) is 0 Å². The van der Waals surface area contributed by atoms with Crippen LogP contribution >= 0.6 is 0 Å². The Morgan fingerprint density at radius 1 is 0.494 bits per heavy atom. The molecule has 1 heterocycles. The van der Waals surface area contributed by atoms with Crippen LogP contribution in [0.15, 0.2) is 109 Å². The number of nitrogens with one attached hydrogen (secondary N) is 1. The maximum absolute atomic E-state index is 13.4. The van der Waals surface area contributed by atoms with Crippen LogP contribution in [0.25, 0.3) is 0 Å². The van der Waals surface area contributed by atoms with Gasteiger partial charge in [0.1, 0.15) is 24.4 Å². The maximum Gasteiger partial charge on any atom is 0.306 e. The second-order valence-electron chi connectivity index (χ2n) is 22.1. The number of amides is 1. The lowest BCUT2D eigenvalue weighted by molar-refractivity contribution is -0.305. The Morgan fingerprint density at radius 2 is 0.889 bits per heavy atom. The van der Waals surface area contributed by atoms with E-state index in [1.54, 1.807) is 6.08 Å². The first kappa shape index (κ1) is 75.3. The van der Waals surface area contributed by atoms with Gasteiger partial charge in [-0.2, -0.15) is 0 Å². The SMILES string of the molecule is CC/C=C\C/C=C\C/C=C\C/C=C\C/C=C\CCCCCCCCC(O)C(=O)NC(COC1OC(CO)C(O)C(O)C1OC(=O)CCCCCCCC/C=C\C/C=C\C/C=C\CCCCC)C(O)/C=C/CCCCCCCCCCC. The van der Waals surface area contributed by atoms with Gasteiger partial charge in [-0.15, -0.1) is 0 Å². The smallest absolute Gasteiger partial charge is 0.306 e. The predicted molar refractivity (Wildman–Crippen MR) is 338 cm³/mol. The minimum absolute atomic E-state index is 0.102. The summed E-state index contributed by atoms with van der Waals surface area (Å²) >= 11 is 0. The Morgan fingerprint density at radius 3 is 1.36 bits per heavy atom. The van der Waals surface area contributed by atoms with Gasteiger partial charge in [0.2, 0.25) is 5.91 Å². The van der Waals surface area contributed by atoms with E-state index in [-0.39, 0.29) is 19.4 Å². The molecule has 0 spiro atoms. The second kappa shape index (κ2) is 56.8. The fourth-order valence-electron chi connectivity index (χ4n) is 9.51. The van der Waals surface area contributed by atoms with E-state index in [1.165, 1.54) is 64.2 Å². The van der Waals surface area contributed by atoms with Crippen LogP contribution in [0.5, 0.6) is 0 Å². The number of esters is 1. The molecule has 0 bridgehead atoms. The fraction of sp³-hybridized carbons (Fsp3) is 0.714. The third kappa shape index (κ3) is 44.5. The first-order chi connectivity index (χ1) is 39.7. The van der Waals surface area contributed by atoms with Gasteiger partial charge in [0.15, 0.2) is 12.4 Å². The molecule has 0 aromatic carbocycles. The van der Waals surface area contributed by atoms with Gasteiger partial charge in [0.05, 0.1) is 25.4 Å². The van der Waals surface area contributed by atoms with E-state index < -0.39 is 67.4 Å². The molecule has 1 fully saturated rings. The highest BCUT2D eigenvalue weighted by Gasteiger charge is 2.47. The second-order valence-corrected chi connectivity index (χ2v) is 22.1. The summed E-state index contributed by atoms with van der Waals surface area (Å²) in [6.07, 6.45) is 66.9. The van der Waals surface area contributed by atoms with Gasteiger partial charge in [0.25, 0.3) is 0 Å². The Kier molecular flexibility index (Phi) is 52.8. The minimum atomic E-state index is -1.63. The summed E-state index contributed by atoms with van der Waals surface area (Å²) in [6, 6.07) is -1.04. The van der Waals surface area contributed by atoms with Crippen LogP contribution in [0, 0.1) is 0 Å². The number of allylic oxidation sites excluding steroid dienone is 17. The molecule has 464 valence electrons. The van der Waals surface area contributed by atoms with Crippen LogP contribution in [-0.4, -0.2) is 99.6 Å². The number of unbranched alkanes of at least 4 members (excludes halogenated alkanes) is 24. The van der Waals surface area contributed by atoms with Gasteiger partial charge in [-0.3, -0.25) is 9.59 Å². The average Bonchev–Trinajstić information content (AvgIpc) is 3.52. The van der Waals surface area contributed by atoms with Crippen molar-refractivity contribution in [3.8, 4) is 0 Å². The normalized spacial score (nSPS) is 19.4. The fourth-order valence-corrected chi connectivity index (χ4v) is 9.51. The zero-order valence-electron chi connectivity index (χ0n) is 51.4. The molecule has 0 aromatic heterocycles. The lowest BCUT2D eigenvalue weighted by Crippen LogP contribution is -2.61. The molecule has 8 atom stereocenters. The number of aliphatic hydroxyl groups excluding tert-OH is 5. The molecule has 1 amide bonds. The topological polar surface area (TPSA) is 175 Å². The molecule has 0 saturated carbocycles. The van der Waals surface area contributed by atoms with Gasteiger partial charge >= 0.3 is 5.97 Å². The van der Waals surface area contributed by atoms with Gasteiger partial charge in [-0.05, 0) is 109 Å². The maximum atomic E-state index is 13.4. The molecule has 1 aliphatic heterocycles. The van der Waals surface area contributed by atoms with E-state index >= 15 is 0 Å². The van der Waals surface area contributed by atoms with Gasteiger partial charge < -0.3 is 45.1 Å². The summed E-state index contributed by atoms with van der Waals surface area (Å²) in [5, 5.41) is 57.1. The van der Waals surface area contributed by atoms with E-state index in [4.69, 9.17) is 14.2 Å². The van der Waals surface area contributed by atoms with Crippen LogP contribution in [-0.2, 0) is 23.8 Å². The highest BCUT2D eigenvalue weighted by atomic mass is 16.7. The Hall–Kier alpha value is -3.68. The van der Waals surface area contributed by atoms with Crippen molar-refractivity contribution < 1.29 is 49.3 Å². The summed E-state index contributed by atoms with van der Waals surface area (Å²) in [6.45, 7) is 5.63. The van der Waals surface area contributed by atoms with Crippen LogP contribution < -0.4 is 5.32 Å². The van der Waals surface area contributed by atoms with E-state index in [2.05, 4.69) is 123 Å². The number of hydrogen-bond donors (Lipinski definition) is 6. The zero-order valence-corrected chi connectivity index (χ0v) is 51.4. The van der Waals surface area contributed by atoms with E-state index in [0.717, 1.165) is 148 Å². The number of ether oxygens (including phenoxy) is 3. The Balaban J connectivity index is 2.65. The Bertz CT molecular complexity index is 1730. The Labute approximate surface area is 494 Å². The lowest BCUT2D eigenvalue weighted by Gasteiger charge is -2.41. The van der Waals surface area contributed by atoms with E-state index in [1.807, 2.05) is 6.08 Å².